The topological polar surface area (TPSA) is 136 Å². The number of nitrogens with one attached hydrogen (secondary N) is 4. The third-order valence-corrected chi connectivity index (χ3v) is 4.76. The van der Waals surface area contributed by atoms with Gasteiger partial charge in [-0.25, -0.2) is 10.1 Å². The van der Waals surface area contributed by atoms with Crippen LogP contribution in [0, 0.1) is 0 Å². The molecule has 0 aliphatic carbocycles. The van der Waals surface area contributed by atoms with E-state index in [1.165, 1.54) is 0 Å². The van der Waals surface area contributed by atoms with Crippen LogP contribution in [0.2, 0.25) is 0 Å². The molecule has 1 unspecified atom stereocenters. The molecule has 0 saturated heterocycles. The minimum absolute atomic E-state index is 0.104. The van der Waals surface area contributed by atoms with Gasteiger partial charge < -0.3 is 20.7 Å². The molecule has 9 nitrogen and oxygen atoms in total. The number of anilines is 1. The maximum Gasteiger partial charge on any atom is 0.272 e. The van der Waals surface area contributed by atoms with Crippen molar-refractivity contribution in [2.45, 2.75) is 18.9 Å². The summed E-state index contributed by atoms with van der Waals surface area (Å²) < 4.78 is 0. The van der Waals surface area contributed by atoms with Crippen LogP contribution < -0.4 is 16.2 Å². The zero-order valence-corrected chi connectivity index (χ0v) is 16.2. The number of aliphatic hydroxyl groups excluding tert-OH is 1. The standard InChI is InChI=1S/C21H22N6O3/c28-13(12-23-20-14-5-1-2-6-15(14)21(30)27-26-20)11-22-19(29)10-9-18-24-16-7-3-4-8-17(16)25-18/h1-8,13,28H,9-12H2,(H,22,29)(H,23,26)(H,24,25)(H,27,30). The maximum absolute atomic E-state index is 12.1. The lowest BCUT2D eigenvalue weighted by Crippen LogP contribution is -2.36. The van der Waals surface area contributed by atoms with Crippen molar-refractivity contribution in [2.24, 2.45) is 0 Å². The second-order valence-corrected chi connectivity index (χ2v) is 6.99. The Morgan fingerprint density at radius 2 is 1.83 bits per heavy atom. The Morgan fingerprint density at radius 1 is 1.07 bits per heavy atom. The summed E-state index contributed by atoms with van der Waals surface area (Å²) in [5, 5.41) is 23.5. The van der Waals surface area contributed by atoms with E-state index in [4.69, 9.17) is 0 Å². The predicted molar refractivity (Wildman–Crippen MR) is 114 cm³/mol. The van der Waals surface area contributed by atoms with Crippen molar-refractivity contribution in [2.75, 3.05) is 18.4 Å². The molecule has 30 heavy (non-hydrogen) atoms. The minimum atomic E-state index is -0.812. The highest BCUT2D eigenvalue weighted by Crippen LogP contribution is 2.16. The first-order chi connectivity index (χ1) is 14.6. The number of imidazole rings is 1. The number of amides is 1. The van der Waals surface area contributed by atoms with Crippen molar-refractivity contribution in [3.8, 4) is 0 Å². The van der Waals surface area contributed by atoms with Gasteiger partial charge in [-0.15, -0.1) is 0 Å². The van der Waals surface area contributed by atoms with E-state index in [0.717, 1.165) is 16.9 Å². The summed E-state index contributed by atoms with van der Waals surface area (Å²) in [6, 6.07) is 14.8. The summed E-state index contributed by atoms with van der Waals surface area (Å²) in [5.41, 5.74) is 1.55. The summed E-state index contributed by atoms with van der Waals surface area (Å²) in [6.45, 7) is 0.278. The highest BCUT2D eigenvalue weighted by atomic mass is 16.3. The smallest absolute Gasteiger partial charge is 0.272 e. The Kier molecular flexibility index (Phi) is 5.71. The monoisotopic (exact) mass is 406 g/mol. The highest BCUT2D eigenvalue weighted by Gasteiger charge is 2.11. The van der Waals surface area contributed by atoms with Gasteiger partial charge in [-0.05, 0) is 18.2 Å². The number of carbonyl (C=O) groups excluding carboxylic acids is 1. The van der Waals surface area contributed by atoms with Gasteiger partial charge in [-0.2, -0.15) is 5.10 Å². The quantitative estimate of drug-likeness (QED) is 0.299. The van der Waals surface area contributed by atoms with E-state index >= 15 is 0 Å². The Hall–Kier alpha value is -3.72. The number of para-hydroxylation sites is 2. The number of nitrogens with zero attached hydrogens (tertiary/aromatic N) is 2. The molecule has 0 spiro atoms. The molecule has 4 aromatic rings. The number of rotatable bonds is 8. The van der Waals surface area contributed by atoms with E-state index in [0.29, 0.717) is 23.0 Å². The molecule has 0 fully saturated rings. The fourth-order valence-corrected chi connectivity index (χ4v) is 3.21. The fraction of sp³-hybridized carbons (Fsp3) is 0.238. The van der Waals surface area contributed by atoms with E-state index in [-0.39, 0.29) is 31.0 Å². The number of carbonyl (C=O) groups is 1. The molecule has 9 heteroatoms. The minimum Gasteiger partial charge on any atom is -0.389 e. The van der Waals surface area contributed by atoms with Crippen molar-refractivity contribution in [3.63, 3.8) is 0 Å². The van der Waals surface area contributed by atoms with Crippen LogP contribution in [0.5, 0.6) is 0 Å². The molecule has 0 aliphatic heterocycles. The number of hydrogen-bond acceptors (Lipinski definition) is 6. The van der Waals surface area contributed by atoms with Gasteiger partial charge in [-0.3, -0.25) is 9.59 Å². The molecule has 0 aliphatic rings. The van der Waals surface area contributed by atoms with Crippen LogP contribution >= 0.6 is 0 Å². The number of aryl methyl sites for hydroxylation is 1. The van der Waals surface area contributed by atoms with Gasteiger partial charge in [0.15, 0.2) is 5.82 Å². The van der Waals surface area contributed by atoms with Crippen LogP contribution in [-0.2, 0) is 11.2 Å². The predicted octanol–water partition coefficient (Wildman–Crippen LogP) is 1.32. The summed E-state index contributed by atoms with van der Waals surface area (Å²) in [7, 11) is 0. The molecular formula is C21H22N6O3. The first-order valence-corrected chi connectivity index (χ1v) is 9.70. The van der Waals surface area contributed by atoms with Crippen LogP contribution in [0.25, 0.3) is 21.8 Å². The number of H-pyrrole nitrogens is 2. The van der Waals surface area contributed by atoms with Crippen molar-refractivity contribution >= 4 is 33.5 Å². The van der Waals surface area contributed by atoms with Gasteiger partial charge in [0.05, 0.1) is 22.5 Å². The van der Waals surface area contributed by atoms with Crippen LogP contribution in [-0.4, -0.2) is 50.4 Å². The van der Waals surface area contributed by atoms with Gasteiger partial charge in [0.25, 0.3) is 5.56 Å². The second-order valence-electron chi connectivity index (χ2n) is 6.99. The largest absolute Gasteiger partial charge is 0.389 e. The van der Waals surface area contributed by atoms with E-state index in [1.54, 1.807) is 18.2 Å². The molecule has 4 rings (SSSR count). The van der Waals surface area contributed by atoms with Crippen LogP contribution in [0.4, 0.5) is 5.82 Å². The van der Waals surface area contributed by atoms with Crippen molar-refractivity contribution in [3.05, 3.63) is 64.7 Å². The van der Waals surface area contributed by atoms with E-state index in [2.05, 4.69) is 30.8 Å². The maximum atomic E-state index is 12.1. The number of aliphatic hydroxyl groups is 1. The molecule has 5 N–H and O–H groups in total. The molecule has 2 aromatic carbocycles. The van der Waals surface area contributed by atoms with Gasteiger partial charge >= 0.3 is 0 Å². The first-order valence-electron chi connectivity index (χ1n) is 9.70. The average Bonchev–Trinajstić information content (AvgIpc) is 3.19. The Balaban J connectivity index is 1.24. The average molecular weight is 406 g/mol. The van der Waals surface area contributed by atoms with Gasteiger partial charge in [0, 0.05) is 31.3 Å². The van der Waals surface area contributed by atoms with Gasteiger partial charge in [0.1, 0.15) is 5.82 Å². The normalized spacial score (nSPS) is 12.2. The van der Waals surface area contributed by atoms with E-state index < -0.39 is 6.10 Å². The van der Waals surface area contributed by atoms with E-state index in [1.807, 2.05) is 30.3 Å². The Bertz CT molecular complexity index is 1200. The van der Waals surface area contributed by atoms with Crippen molar-refractivity contribution < 1.29 is 9.90 Å². The molecule has 0 bridgehead atoms. The molecule has 0 radical (unpaired) electrons. The number of fused-ring (bicyclic) bond motifs is 2. The third kappa shape index (κ3) is 4.47. The lowest BCUT2D eigenvalue weighted by Gasteiger charge is -2.14. The Morgan fingerprint density at radius 3 is 2.67 bits per heavy atom. The molecule has 1 amide bonds. The highest BCUT2D eigenvalue weighted by molar-refractivity contribution is 5.90. The zero-order valence-electron chi connectivity index (χ0n) is 16.2. The summed E-state index contributed by atoms with van der Waals surface area (Å²) in [5.74, 6) is 1.06. The lowest BCUT2D eigenvalue weighted by molar-refractivity contribution is -0.121. The molecule has 2 aromatic heterocycles. The van der Waals surface area contributed by atoms with Crippen LogP contribution in [0.15, 0.2) is 53.3 Å². The van der Waals surface area contributed by atoms with Crippen molar-refractivity contribution in [1.82, 2.24) is 25.5 Å². The summed E-state index contributed by atoms with van der Waals surface area (Å²) >= 11 is 0. The van der Waals surface area contributed by atoms with Crippen LogP contribution in [0.3, 0.4) is 0 Å². The van der Waals surface area contributed by atoms with Crippen molar-refractivity contribution in [1.29, 1.82) is 0 Å². The number of aromatic amines is 2. The van der Waals surface area contributed by atoms with Crippen LogP contribution in [0.1, 0.15) is 12.2 Å². The first kappa shape index (κ1) is 19.6. The fourth-order valence-electron chi connectivity index (χ4n) is 3.21. The van der Waals surface area contributed by atoms with E-state index in [9.17, 15) is 14.7 Å². The zero-order chi connectivity index (χ0) is 20.9. The molecule has 1 atom stereocenters. The molecular weight excluding hydrogens is 384 g/mol. The molecule has 154 valence electrons. The van der Waals surface area contributed by atoms with Gasteiger partial charge in [0.2, 0.25) is 5.91 Å². The second kappa shape index (κ2) is 8.75. The third-order valence-electron chi connectivity index (χ3n) is 4.76. The lowest BCUT2D eigenvalue weighted by atomic mass is 10.2. The number of aromatic nitrogens is 4. The SMILES string of the molecule is O=C(CCc1nc2ccccc2[nH]1)NCC(O)CNc1n[nH]c(=O)c2ccccc12. The summed E-state index contributed by atoms with van der Waals surface area (Å²) in [6.07, 6.45) is -0.0542. The molecule has 0 saturated carbocycles. The number of benzene rings is 2. The summed E-state index contributed by atoms with van der Waals surface area (Å²) in [4.78, 5) is 31.5. The number of hydrogen-bond donors (Lipinski definition) is 5. The molecule has 2 heterocycles. The Labute approximate surface area is 171 Å². The van der Waals surface area contributed by atoms with Gasteiger partial charge in [-0.1, -0.05) is 30.3 Å².